The maximum Gasteiger partial charge on any atom is 0.0775 e. The summed E-state index contributed by atoms with van der Waals surface area (Å²) >= 11 is 5.41. The predicted octanol–water partition coefficient (Wildman–Crippen LogP) is 9.41. The summed E-state index contributed by atoms with van der Waals surface area (Å²) in [6.45, 7) is 4.52. The van der Waals surface area contributed by atoms with Gasteiger partial charge in [-0.3, -0.25) is 0 Å². The highest BCUT2D eigenvalue weighted by atomic mass is 32.1. The molecule has 0 bridgehead atoms. The van der Waals surface area contributed by atoms with E-state index in [4.69, 9.17) is 12.8 Å². The lowest BCUT2D eigenvalue weighted by atomic mass is 10.1. The molecular weight excluding hydrogens is 433 g/mol. The van der Waals surface area contributed by atoms with Crippen LogP contribution in [-0.2, 0) is 12.8 Å². The number of thiophene rings is 3. The van der Waals surface area contributed by atoms with Gasteiger partial charge in [0.15, 0.2) is 0 Å². The van der Waals surface area contributed by atoms with Crippen LogP contribution in [-0.4, -0.2) is 0 Å². The molecule has 0 atom stereocenters. The van der Waals surface area contributed by atoms with Gasteiger partial charge in [-0.25, -0.2) is 0 Å². The fourth-order valence-electron chi connectivity index (χ4n) is 3.85. The third-order valence-electron chi connectivity index (χ3n) is 5.56. The molecule has 0 saturated heterocycles. The Kier molecular flexibility index (Phi) is 9.48. The van der Waals surface area contributed by atoms with E-state index in [1.165, 1.54) is 82.0 Å². The van der Waals surface area contributed by atoms with Gasteiger partial charge >= 0.3 is 0 Å². The summed E-state index contributed by atoms with van der Waals surface area (Å²) in [7, 11) is 0. The van der Waals surface area contributed by atoms with Gasteiger partial charge in [0.05, 0.1) is 9.75 Å². The largest absolute Gasteiger partial charge is 0.133 e. The maximum absolute atomic E-state index is 5.74. The molecule has 3 heteroatoms. The van der Waals surface area contributed by atoms with Crippen LogP contribution >= 0.6 is 34.0 Å². The van der Waals surface area contributed by atoms with Gasteiger partial charge in [-0.05, 0) is 61.1 Å². The Morgan fingerprint density at radius 2 is 1.10 bits per heavy atom. The molecule has 0 aliphatic rings. The van der Waals surface area contributed by atoms with Gasteiger partial charge < -0.3 is 0 Å². The molecule has 0 N–H and O–H groups in total. The summed E-state index contributed by atoms with van der Waals surface area (Å²) < 4.78 is 0. The third kappa shape index (κ3) is 6.36. The van der Waals surface area contributed by atoms with Crippen molar-refractivity contribution in [1.29, 1.82) is 0 Å². The van der Waals surface area contributed by atoms with E-state index in [1.807, 2.05) is 11.3 Å². The molecule has 0 aromatic carbocycles. The van der Waals surface area contributed by atoms with Crippen molar-refractivity contribution in [3.63, 3.8) is 0 Å². The maximum atomic E-state index is 5.74. The summed E-state index contributed by atoms with van der Waals surface area (Å²) in [6, 6.07) is 9.01. The van der Waals surface area contributed by atoms with Gasteiger partial charge in [-0.2, -0.15) is 0 Å². The highest BCUT2D eigenvalue weighted by Gasteiger charge is 2.16. The van der Waals surface area contributed by atoms with Crippen LogP contribution in [0.5, 0.6) is 0 Å². The zero-order valence-electron chi connectivity index (χ0n) is 18.8. The molecule has 0 spiro atoms. The number of rotatable bonds is 12. The first-order valence-corrected chi connectivity index (χ1v) is 13.9. The zero-order valence-corrected chi connectivity index (χ0v) is 21.2. The average Bonchev–Trinajstić information content (AvgIpc) is 3.51. The number of hydrogen-bond donors (Lipinski definition) is 0. The molecule has 31 heavy (non-hydrogen) atoms. The van der Waals surface area contributed by atoms with Gasteiger partial charge in [-0.15, -0.1) is 46.9 Å². The number of terminal acetylenes is 2. The van der Waals surface area contributed by atoms with Gasteiger partial charge in [0.25, 0.3) is 0 Å². The van der Waals surface area contributed by atoms with E-state index in [2.05, 4.69) is 50.0 Å². The van der Waals surface area contributed by atoms with E-state index in [-0.39, 0.29) is 0 Å². The summed E-state index contributed by atoms with van der Waals surface area (Å²) in [5, 5.41) is 0. The first-order valence-electron chi connectivity index (χ1n) is 11.5. The first kappa shape index (κ1) is 23.9. The first-order chi connectivity index (χ1) is 15.2. The second kappa shape index (κ2) is 12.3. The van der Waals surface area contributed by atoms with E-state index in [0.717, 1.165) is 22.6 Å². The summed E-state index contributed by atoms with van der Waals surface area (Å²) in [5.41, 5.74) is 2.83. The highest BCUT2D eigenvalue weighted by molar-refractivity contribution is 7.26. The number of unbranched alkanes of at least 4 members (excludes halogenated alkanes) is 6. The molecule has 0 nitrogen and oxygen atoms in total. The smallest absolute Gasteiger partial charge is 0.0775 e. The molecule has 162 valence electrons. The Bertz CT molecular complexity index is 962. The van der Waals surface area contributed by atoms with Crippen LogP contribution in [0.2, 0.25) is 0 Å². The van der Waals surface area contributed by atoms with E-state index in [9.17, 15) is 0 Å². The van der Waals surface area contributed by atoms with Crippen molar-refractivity contribution >= 4 is 34.0 Å². The molecule has 0 saturated carbocycles. The Labute approximate surface area is 200 Å². The second-order valence-corrected chi connectivity index (χ2v) is 11.2. The fourth-order valence-corrected chi connectivity index (χ4v) is 7.19. The van der Waals surface area contributed by atoms with Crippen molar-refractivity contribution in [2.45, 2.75) is 78.1 Å². The molecule has 0 fully saturated rings. The molecule has 0 aliphatic heterocycles. The van der Waals surface area contributed by atoms with Gasteiger partial charge in [0.2, 0.25) is 0 Å². The Morgan fingerprint density at radius 1 is 0.645 bits per heavy atom. The quantitative estimate of drug-likeness (QED) is 0.185. The number of hydrogen-bond acceptors (Lipinski definition) is 3. The Balaban J connectivity index is 1.83. The standard InChI is InChI=1S/C28H32S3/c1-5-9-11-13-15-21-19-23(7-3)29-27(21)25-17-18-26(31-25)28-22(16-14-12-10-6-2)20-24(8-4)30-28/h3-4,17-20H,5-6,9-16H2,1-2H3. The lowest BCUT2D eigenvalue weighted by molar-refractivity contribution is 0.668. The van der Waals surface area contributed by atoms with Crippen molar-refractivity contribution in [3.8, 4) is 44.2 Å². The summed E-state index contributed by atoms with van der Waals surface area (Å²) in [6.07, 6.45) is 23.9. The van der Waals surface area contributed by atoms with Gasteiger partial charge in [0.1, 0.15) is 0 Å². The predicted molar refractivity (Wildman–Crippen MR) is 143 cm³/mol. The second-order valence-electron chi connectivity index (χ2n) is 8.00. The zero-order chi connectivity index (χ0) is 22.1. The minimum absolute atomic E-state index is 1.04. The van der Waals surface area contributed by atoms with Crippen molar-refractivity contribution in [2.24, 2.45) is 0 Å². The molecule has 0 unspecified atom stereocenters. The Hall–Kier alpha value is -1.78. The number of aryl methyl sites for hydroxylation is 2. The molecule has 3 heterocycles. The van der Waals surface area contributed by atoms with Crippen LogP contribution in [0, 0.1) is 24.7 Å². The highest BCUT2D eigenvalue weighted by Crippen LogP contribution is 2.43. The Morgan fingerprint density at radius 3 is 1.48 bits per heavy atom. The molecule has 3 rings (SSSR count). The molecule has 0 aliphatic carbocycles. The SMILES string of the molecule is C#Cc1cc(CCCCCC)c(-c2ccc(-c3sc(C#C)cc3CCCCCC)s2)s1. The van der Waals surface area contributed by atoms with Crippen LogP contribution in [0.25, 0.3) is 19.5 Å². The van der Waals surface area contributed by atoms with E-state index in [0.29, 0.717) is 0 Å². The van der Waals surface area contributed by atoms with Crippen molar-refractivity contribution in [1.82, 2.24) is 0 Å². The van der Waals surface area contributed by atoms with E-state index >= 15 is 0 Å². The van der Waals surface area contributed by atoms with Crippen LogP contribution in [0.4, 0.5) is 0 Å². The van der Waals surface area contributed by atoms with Crippen molar-refractivity contribution < 1.29 is 0 Å². The van der Waals surface area contributed by atoms with Crippen LogP contribution in [0.15, 0.2) is 24.3 Å². The average molecular weight is 465 g/mol. The van der Waals surface area contributed by atoms with E-state index < -0.39 is 0 Å². The van der Waals surface area contributed by atoms with Crippen LogP contribution in [0.1, 0.15) is 86.1 Å². The molecular formula is C28H32S3. The monoisotopic (exact) mass is 464 g/mol. The lowest BCUT2D eigenvalue weighted by Crippen LogP contribution is -1.85. The topological polar surface area (TPSA) is 0 Å². The lowest BCUT2D eigenvalue weighted by Gasteiger charge is -2.03. The minimum atomic E-state index is 1.04. The van der Waals surface area contributed by atoms with Crippen molar-refractivity contribution in [3.05, 3.63) is 45.1 Å². The van der Waals surface area contributed by atoms with Crippen LogP contribution < -0.4 is 0 Å². The third-order valence-corrected chi connectivity index (χ3v) is 9.22. The molecule has 0 radical (unpaired) electrons. The molecule has 3 aromatic heterocycles. The minimum Gasteiger partial charge on any atom is -0.133 e. The summed E-state index contributed by atoms with van der Waals surface area (Å²) in [4.78, 5) is 7.47. The van der Waals surface area contributed by atoms with Crippen molar-refractivity contribution in [2.75, 3.05) is 0 Å². The normalized spacial score (nSPS) is 10.8. The van der Waals surface area contributed by atoms with Gasteiger partial charge in [-0.1, -0.05) is 64.2 Å². The molecule has 3 aromatic rings. The van der Waals surface area contributed by atoms with Gasteiger partial charge in [0, 0.05) is 19.5 Å². The molecule has 0 amide bonds. The fraction of sp³-hybridized carbons (Fsp3) is 0.429. The van der Waals surface area contributed by atoms with E-state index in [1.54, 1.807) is 22.7 Å². The van der Waals surface area contributed by atoms with Crippen LogP contribution in [0.3, 0.4) is 0 Å². The summed E-state index contributed by atoms with van der Waals surface area (Å²) in [5.74, 6) is 5.71.